The van der Waals surface area contributed by atoms with Crippen LogP contribution in [0.2, 0.25) is 0 Å². The van der Waals surface area contributed by atoms with Gasteiger partial charge in [-0.3, -0.25) is 0 Å². The van der Waals surface area contributed by atoms with E-state index in [0.717, 1.165) is 50.5 Å². The van der Waals surface area contributed by atoms with Crippen molar-refractivity contribution in [3.8, 4) is 0 Å². The lowest BCUT2D eigenvalue weighted by Gasteiger charge is -2.40. The smallest absolute Gasteiger partial charge is 0.0804 e. The normalized spacial score (nSPS) is 28.8. The van der Waals surface area contributed by atoms with Crippen molar-refractivity contribution in [2.45, 2.75) is 64.4 Å². The lowest BCUT2D eigenvalue weighted by atomic mass is 9.74. The highest BCUT2D eigenvalue weighted by Gasteiger charge is 2.35. The molecule has 0 saturated heterocycles. The average molecular weight is 257 g/mol. The average Bonchev–Trinajstić information content (AvgIpc) is 2.39. The minimum absolute atomic E-state index is 0.0510. The van der Waals surface area contributed by atoms with E-state index in [9.17, 15) is 0 Å². The first-order valence-electron chi connectivity index (χ1n) is 7.58. The molecule has 0 spiro atoms. The van der Waals surface area contributed by atoms with Crippen LogP contribution in [-0.2, 0) is 4.74 Å². The van der Waals surface area contributed by atoms with Crippen molar-refractivity contribution in [3.05, 3.63) is 0 Å². The zero-order chi connectivity index (χ0) is 13.4. The Balaban J connectivity index is 2.27. The van der Waals surface area contributed by atoms with E-state index >= 15 is 0 Å². The molecule has 0 unspecified atom stereocenters. The molecule has 3 N–H and O–H groups in total. The second-order valence-electron chi connectivity index (χ2n) is 6.10. The summed E-state index contributed by atoms with van der Waals surface area (Å²) in [6.07, 6.45) is 7.71. The summed E-state index contributed by atoms with van der Waals surface area (Å²) in [4.78, 5) is 0. The summed E-state index contributed by atoms with van der Waals surface area (Å²) in [5.41, 5.74) is 5.88. The summed E-state index contributed by atoms with van der Waals surface area (Å²) >= 11 is 0. The summed E-state index contributed by atoms with van der Waals surface area (Å²) in [6.45, 7) is 6.37. The predicted molar refractivity (Wildman–Crippen MR) is 75.5 cm³/mol. The molecule has 0 radical (unpaired) electrons. The van der Waals surface area contributed by atoms with Gasteiger partial charge in [-0.2, -0.15) is 0 Å². The summed E-state index contributed by atoms with van der Waals surface area (Å²) in [7, 11) is 0. The zero-order valence-electron chi connectivity index (χ0n) is 12.2. The van der Waals surface area contributed by atoms with Gasteiger partial charge in [-0.15, -0.1) is 0 Å². The second-order valence-corrected chi connectivity index (χ2v) is 6.10. The molecule has 18 heavy (non-hydrogen) atoms. The maximum absolute atomic E-state index is 8.73. The maximum Gasteiger partial charge on any atom is 0.0804 e. The Morgan fingerprint density at radius 2 is 1.89 bits per heavy atom. The van der Waals surface area contributed by atoms with E-state index in [1.165, 1.54) is 12.8 Å². The van der Waals surface area contributed by atoms with Crippen molar-refractivity contribution >= 4 is 0 Å². The number of hydrogen-bond acceptors (Lipinski definition) is 3. The fourth-order valence-electron chi connectivity index (χ4n) is 2.92. The number of ether oxygens (including phenoxy) is 1. The van der Waals surface area contributed by atoms with Gasteiger partial charge in [-0.25, -0.2) is 0 Å². The molecule has 1 rings (SSSR count). The third-order valence-electron chi connectivity index (χ3n) is 4.47. The molecule has 3 heteroatoms. The summed E-state index contributed by atoms with van der Waals surface area (Å²) < 4.78 is 6.09. The van der Waals surface area contributed by atoms with Crippen LogP contribution in [-0.4, -0.2) is 30.5 Å². The van der Waals surface area contributed by atoms with Crippen LogP contribution < -0.4 is 5.73 Å². The van der Waals surface area contributed by atoms with Crippen LogP contribution in [0.4, 0.5) is 0 Å². The van der Waals surface area contributed by atoms with Gasteiger partial charge >= 0.3 is 0 Å². The van der Waals surface area contributed by atoms with Crippen LogP contribution in [0.15, 0.2) is 0 Å². The maximum atomic E-state index is 8.73. The van der Waals surface area contributed by atoms with Crippen LogP contribution in [0.5, 0.6) is 0 Å². The van der Waals surface area contributed by atoms with Gasteiger partial charge in [0, 0.05) is 19.8 Å². The molecule has 0 aromatic carbocycles. The molecule has 3 nitrogen and oxygen atoms in total. The van der Waals surface area contributed by atoms with Crippen molar-refractivity contribution in [2.75, 3.05) is 19.8 Å². The monoisotopic (exact) mass is 257 g/mol. The molecule has 0 bridgehead atoms. The Morgan fingerprint density at radius 1 is 1.22 bits per heavy atom. The number of rotatable bonds is 8. The van der Waals surface area contributed by atoms with Crippen LogP contribution >= 0.6 is 0 Å². The van der Waals surface area contributed by atoms with E-state index in [2.05, 4.69) is 13.8 Å². The van der Waals surface area contributed by atoms with Crippen LogP contribution in [0.25, 0.3) is 0 Å². The summed E-state index contributed by atoms with van der Waals surface area (Å²) in [6, 6.07) is 0. The predicted octanol–water partition coefficient (Wildman–Crippen LogP) is 2.71. The van der Waals surface area contributed by atoms with Gasteiger partial charge in [-0.05, 0) is 56.8 Å². The summed E-state index contributed by atoms with van der Waals surface area (Å²) in [5, 5.41) is 8.73. The Hall–Kier alpha value is -0.120. The second kappa shape index (κ2) is 8.13. The van der Waals surface area contributed by atoms with E-state index < -0.39 is 0 Å². The van der Waals surface area contributed by atoms with Crippen molar-refractivity contribution < 1.29 is 9.84 Å². The highest BCUT2D eigenvalue weighted by molar-refractivity contribution is 4.89. The van der Waals surface area contributed by atoms with E-state index in [-0.39, 0.29) is 12.2 Å². The highest BCUT2D eigenvalue weighted by atomic mass is 16.5. The van der Waals surface area contributed by atoms with Crippen LogP contribution in [0.3, 0.4) is 0 Å². The highest BCUT2D eigenvalue weighted by Crippen LogP contribution is 2.37. The number of aliphatic hydroxyl groups is 1. The number of hydrogen-bond donors (Lipinski definition) is 2. The SMILES string of the molecule is CC(C)C1CCC(CN)(OCCCCCO)CC1. The van der Waals surface area contributed by atoms with Crippen molar-refractivity contribution in [2.24, 2.45) is 17.6 Å². The third-order valence-corrected chi connectivity index (χ3v) is 4.47. The third kappa shape index (κ3) is 4.87. The molecule has 0 aliphatic heterocycles. The molecule has 1 saturated carbocycles. The first-order chi connectivity index (χ1) is 8.63. The van der Waals surface area contributed by atoms with Gasteiger partial charge < -0.3 is 15.6 Å². The molecule has 0 atom stereocenters. The lowest BCUT2D eigenvalue weighted by molar-refractivity contribution is -0.0756. The van der Waals surface area contributed by atoms with Crippen molar-refractivity contribution in [3.63, 3.8) is 0 Å². The largest absolute Gasteiger partial charge is 0.396 e. The zero-order valence-corrected chi connectivity index (χ0v) is 12.2. The molecule has 108 valence electrons. The minimum Gasteiger partial charge on any atom is -0.396 e. The molecular formula is C15H31NO2. The molecule has 0 aromatic rings. The number of unbranched alkanes of at least 4 members (excludes halogenated alkanes) is 2. The van der Waals surface area contributed by atoms with Crippen molar-refractivity contribution in [1.82, 2.24) is 0 Å². The van der Waals surface area contributed by atoms with Gasteiger partial charge in [0.15, 0.2) is 0 Å². The Bertz CT molecular complexity index is 211. The van der Waals surface area contributed by atoms with E-state index in [1.807, 2.05) is 0 Å². The van der Waals surface area contributed by atoms with Gasteiger partial charge in [0.25, 0.3) is 0 Å². The topological polar surface area (TPSA) is 55.5 Å². The van der Waals surface area contributed by atoms with Gasteiger partial charge in [0.2, 0.25) is 0 Å². The quantitative estimate of drug-likeness (QED) is 0.657. The molecule has 0 aromatic heterocycles. The van der Waals surface area contributed by atoms with Gasteiger partial charge in [-0.1, -0.05) is 13.8 Å². The molecule has 1 aliphatic rings. The molecule has 0 amide bonds. The van der Waals surface area contributed by atoms with Gasteiger partial charge in [0.1, 0.15) is 0 Å². The van der Waals surface area contributed by atoms with E-state index in [0.29, 0.717) is 6.54 Å². The Labute approximate surface area is 112 Å². The summed E-state index contributed by atoms with van der Waals surface area (Å²) in [5.74, 6) is 1.63. The number of aliphatic hydroxyl groups excluding tert-OH is 1. The molecular weight excluding hydrogens is 226 g/mol. The van der Waals surface area contributed by atoms with Gasteiger partial charge in [0.05, 0.1) is 5.60 Å². The Morgan fingerprint density at radius 3 is 2.39 bits per heavy atom. The first-order valence-corrected chi connectivity index (χ1v) is 7.58. The standard InChI is InChI=1S/C15H31NO2/c1-13(2)14-6-8-15(12-16,9-7-14)18-11-5-3-4-10-17/h13-14,17H,3-12,16H2,1-2H3. The van der Waals surface area contributed by atoms with Crippen molar-refractivity contribution in [1.29, 1.82) is 0 Å². The van der Waals surface area contributed by atoms with Crippen LogP contribution in [0.1, 0.15) is 58.8 Å². The molecule has 1 aliphatic carbocycles. The van der Waals surface area contributed by atoms with E-state index in [4.69, 9.17) is 15.6 Å². The lowest BCUT2D eigenvalue weighted by Crippen LogP contribution is -2.44. The fraction of sp³-hybridized carbons (Fsp3) is 1.00. The van der Waals surface area contributed by atoms with Crippen LogP contribution in [0, 0.1) is 11.8 Å². The van der Waals surface area contributed by atoms with E-state index in [1.54, 1.807) is 0 Å². The number of nitrogens with two attached hydrogens (primary N) is 1. The first kappa shape index (κ1) is 15.9. The Kier molecular flexibility index (Phi) is 7.20. The molecule has 1 fully saturated rings. The minimum atomic E-state index is -0.0510. The molecule has 0 heterocycles. The fourth-order valence-corrected chi connectivity index (χ4v) is 2.92.